The Hall–Kier alpha value is -2.68. The maximum absolute atomic E-state index is 12.9. The molecule has 0 aliphatic carbocycles. The van der Waals surface area contributed by atoms with Crippen molar-refractivity contribution < 1.29 is 56.6 Å². The van der Waals surface area contributed by atoms with E-state index < -0.39 is 42.2 Å². The van der Waals surface area contributed by atoms with Crippen molar-refractivity contribution in [1.82, 2.24) is 29.1 Å². The van der Waals surface area contributed by atoms with Crippen LogP contribution in [0.3, 0.4) is 0 Å². The third-order valence-electron chi connectivity index (χ3n) is 4.20. The van der Waals surface area contributed by atoms with Crippen LogP contribution in [0.15, 0.2) is 49.9 Å². The van der Waals surface area contributed by atoms with Gasteiger partial charge in [-0.05, 0) is 36.8 Å². The number of nitrogens with zero attached hydrogens (tertiary/aromatic N) is 6. The Balaban J connectivity index is 0.00000166. The van der Waals surface area contributed by atoms with Crippen LogP contribution >= 0.6 is 0 Å². The summed E-state index contributed by atoms with van der Waals surface area (Å²) >= 11 is 0. The Morgan fingerprint density at radius 1 is 0.625 bits per heavy atom. The van der Waals surface area contributed by atoms with Crippen molar-refractivity contribution in [3.05, 3.63) is 67.0 Å². The molecule has 3 rings (SSSR count). The van der Waals surface area contributed by atoms with Crippen molar-refractivity contribution in [1.29, 1.82) is 0 Å². The van der Waals surface area contributed by atoms with Crippen LogP contribution in [-0.2, 0) is 35.6 Å². The van der Waals surface area contributed by atoms with E-state index in [1.54, 1.807) is 0 Å². The van der Waals surface area contributed by atoms with Crippen molar-refractivity contribution >= 4 is 6.55 Å². The van der Waals surface area contributed by atoms with E-state index in [0.717, 1.165) is 25.4 Å². The molecule has 3 aromatic rings. The number of alkyl halides is 9. The summed E-state index contributed by atoms with van der Waals surface area (Å²) in [6.07, 6.45) is -12.3. The minimum atomic E-state index is -4.88. The molecule has 3 heterocycles. The Labute approximate surface area is 185 Å². The zero-order valence-corrected chi connectivity index (χ0v) is 16.8. The molecule has 0 saturated carbocycles. The normalized spacial score (nSPS) is 12.7. The van der Waals surface area contributed by atoms with Crippen molar-refractivity contribution in [2.75, 3.05) is 0 Å². The first-order valence-electron chi connectivity index (χ1n) is 8.21. The van der Waals surface area contributed by atoms with Gasteiger partial charge in [0.25, 0.3) is 0 Å². The number of aromatic nitrogens is 6. The zero-order valence-electron chi connectivity index (χ0n) is 15.8. The van der Waals surface area contributed by atoms with Crippen molar-refractivity contribution in [3.63, 3.8) is 0 Å². The van der Waals surface area contributed by atoms with Crippen molar-refractivity contribution in [2.45, 2.75) is 25.4 Å². The Kier molecular flexibility index (Phi) is 7.74. The monoisotopic (exact) mass is 522 g/mol. The average molecular weight is 523 g/mol. The summed E-state index contributed by atoms with van der Waals surface area (Å²) in [5.74, 6) is 0. The number of hydrogen-bond acceptors (Lipinski definition) is 3. The molecule has 32 heavy (non-hydrogen) atoms. The predicted octanol–water partition coefficient (Wildman–Crippen LogP) is 4.65. The van der Waals surface area contributed by atoms with Crippen LogP contribution in [0.1, 0.15) is 17.1 Å². The summed E-state index contributed by atoms with van der Waals surface area (Å²) in [7, 11) is 0. The van der Waals surface area contributed by atoms with Gasteiger partial charge < -0.3 is 13.8 Å². The maximum Gasteiger partial charge on any atom is 1.00 e. The molecule has 0 aromatic carbocycles. The van der Waals surface area contributed by atoms with E-state index in [0.29, 0.717) is 32.0 Å². The van der Waals surface area contributed by atoms with Gasteiger partial charge in [-0.25, -0.2) is 15.3 Å². The molecule has 0 bridgehead atoms. The third-order valence-corrected chi connectivity index (χ3v) is 4.20. The second kappa shape index (κ2) is 9.06. The van der Waals surface area contributed by atoms with E-state index in [1.165, 1.54) is 0 Å². The van der Waals surface area contributed by atoms with Crippen LogP contribution < -0.4 is 0 Å². The van der Waals surface area contributed by atoms with Gasteiger partial charge in [-0.2, -0.15) is 39.5 Å². The molecule has 0 saturated heterocycles. The molecule has 0 unspecified atom stereocenters. The van der Waals surface area contributed by atoms with Gasteiger partial charge in [-0.1, -0.05) is 0 Å². The predicted molar refractivity (Wildman–Crippen MR) is 90.8 cm³/mol. The molecule has 0 N–H and O–H groups in total. The first-order valence-corrected chi connectivity index (χ1v) is 8.21. The fraction of sp³-hybridized carbons (Fsp3) is 0.267. The summed E-state index contributed by atoms with van der Waals surface area (Å²) in [5.41, 5.74) is -4.17. The quantitative estimate of drug-likeness (QED) is 0.286. The fourth-order valence-electron chi connectivity index (χ4n) is 2.65. The van der Waals surface area contributed by atoms with E-state index in [1.807, 2.05) is 0 Å². The van der Waals surface area contributed by atoms with Gasteiger partial charge >= 0.3 is 42.1 Å². The van der Waals surface area contributed by atoms with Crippen LogP contribution in [0.4, 0.5) is 39.5 Å². The molecule has 0 fully saturated rings. The minimum Gasteiger partial charge on any atom is -0.400 e. The molecule has 0 radical (unpaired) electrons. The average Bonchev–Trinajstić information content (AvgIpc) is 3.41. The van der Waals surface area contributed by atoms with E-state index in [-0.39, 0.29) is 17.1 Å². The smallest absolute Gasteiger partial charge is 0.400 e. The van der Waals surface area contributed by atoms with E-state index in [2.05, 4.69) is 28.5 Å². The molecule has 3 aromatic heterocycles. The topological polar surface area (TPSA) is 53.5 Å². The van der Waals surface area contributed by atoms with Gasteiger partial charge in [0.2, 0.25) is 0 Å². The molecular formula is C15H13BCuF9N6. The Morgan fingerprint density at radius 2 is 0.844 bits per heavy atom. The summed E-state index contributed by atoms with van der Waals surface area (Å²) in [6.45, 7) is 3.97. The molecule has 0 aliphatic rings. The number of rotatable bonds is 3. The van der Waals surface area contributed by atoms with Crippen LogP contribution in [0.25, 0.3) is 0 Å². The second-order valence-corrected chi connectivity index (χ2v) is 6.16. The van der Waals surface area contributed by atoms with Crippen LogP contribution in [0.5, 0.6) is 0 Å². The second-order valence-electron chi connectivity index (χ2n) is 6.16. The standard InChI is InChI=1S/C13H9BF9N6.C2H4.Cu/c1-14(27-5-2-8(24-27)11(15,16)17,28-6-3-9(25-28)12(18,19)20)29-7-4-10(26-29)13(21,22)23;1-2;/h2-7H,1H3;1-2H2;/q-1;;+1. The molecule has 0 amide bonds. The summed E-state index contributed by atoms with van der Waals surface area (Å²) < 4.78 is 118. The first-order chi connectivity index (χ1) is 14.1. The first kappa shape index (κ1) is 27.4. The zero-order chi connectivity index (χ0) is 23.8. The maximum atomic E-state index is 12.9. The third kappa shape index (κ3) is 5.20. The van der Waals surface area contributed by atoms with Gasteiger partial charge in [0.1, 0.15) is 0 Å². The molecule has 6 nitrogen and oxygen atoms in total. The SMILES string of the molecule is C=C.C[B-](n1ccc(C(F)(F)F)n1)(n1ccc(C(F)(F)F)n1)n1ccc(C(F)(F)F)n1.[Cu+]. The van der Waals surface area contributed by atoms with Gasteiger partial charge in [0.15, 0.2) is 17.1 Å². The summed E-state index contributed by atoms with van der Waals surface area (Å²) in [6, 6.07) is 1.59. The summed E-state index contributed by atoms with van der Waals surface area (Å²) in [4.78, 5) is 0. The Bertz CT molecular complexity index is 906. The number of halogens is 9. The van der Waals surface area contributed by atoms with Crippen molar-refractivity contribution in [2.24, 2.45) is 0 Å². The molecule has 0 atom stereocenters. The van der Waals surface area contributed by atoms with Gasteiger partial charge in [0, 0.05) is 0 Å². The molecule has 180 valence electrons. The van der Waals surface area contributed by atoms with E-state index in [4.69, 9.17) is 0 Å². The largest absolute Gasteiger partial charge is 1.00 e. The molecule has 0 aliphatic heterocycles. The van der Waals surface area contributed by atoms with Crippen LogP contribution in [-0.4, -0.2) is 35.6 Å². The molecular weight excluding hydrogens is 510 g/mol. The Morgan fingerprint density at radius 3 is 1.00 bits per heavy atom. The minimum absolute atomic E-state index is 0. The van der Waals surface area contributed by atoms with Gasteiger partial charge in [0.05, 0.1) is 0 Å². The van der Waals surface area contributed by atoms with Gasteiger partial charge in [-0.3, -0.25) is 0 Å². The van der Waals surface area contributed by atoms with Crippen molar-refractivity contribution in [3.8, 4) is 0 Å². The van der Waals surface area contributed by atoms with E-state index in [9.17, 15) is 39.5 Å². The number of hydrogen-bond donors (Lipinski definition) is 0. The van der Waals surface area contributed by atoms with Crippen LogP contribution in [0.2, 0.25) is 6.82 Å². The van der Waals surface area contributed by atoms with Gasteiger partial charge in [-0.15, -0.1) is 20.0 Å². The van der Waals surface area contributed by atoms with E-state index >= 15 is 0 Å². The summed E-state index contributed by atoms with van der Waals surface area (Å²) in [5, 5.41) is 9.85. The van der Waals surface area contributed by atoms with Crippen LogP contribution in [0, 0.1) is 0 Å². The molecule has 17 heteroatoms. The molecule has 0 spiro atoms. The fourth-order valence-corrected chi connectivity index (χ4v) is 2.65.